The van der Waals surface area contributed by atoms with Gasteiger partial charge in [0.25, 0.3) is 5.91 Å². The SMILES string of the molecule is O=C(O)Cc1ccc(OCc2ccccc2CN(C(=O)c2ccc3c(c2)ONO3)C2CC2)cc1. The third-order valence-corrected chi connectivity index (χ3v) is 5.87. The molecule has 1 fully saturated rings. The molecule has 1 heterocycles. The van der Waals surface area contributed by atoms with Gasteiger partial charge in [-0.3, -0.25) is 9.59 Å². The molecule has 0 saturated heterocycles. The zero-order valence-electron chi connectivity index (χ0n) is 18.4. The van der Waals surface area contributed by atoms with Crippen LogP contribution in [0.3, 0.4) is 0 Å². The molecule has 8 heteroatoms. The quantitative estimate of drug-likeness (QED) is 0.500. The molecule has 1 aliphatic carbocycles. The molecule has 5 rings (SSSR count). The standard InChI is InChI=1S/C26H24N2O6/c29-25(30)13-17-5-10-22(11-6-17)32-16-20-4-2-1-3-19(20)15-28(21-8-9-21)26(31)18-7-12-23-24(14-18)34-27-33-23/h1-7,10-12,14,21,27H,8-9,13,15-16H2,(H,29,30). The molecule has 2 N–H and O–H groups in total. The molecule has 1 saturated carbocycles. The molecule has 8 nitrogen and oxygen atoms in total. The molecule has 3 aromatic carbocycles. The minimum atomic E-state index is -0.866. The van der Waals surface area contributed by atoms with Crippen LogP contribution in [0.15, 0.2) is 66.7 Å². The van der Waals surface area contributed by atoms with Crippen molar-refractivity contribution in [3.05, 3.63) is 89.0 Å². The zero-order valence-corrected chi connectivity index (χ0v) is 18.4. The van der Waals surface area contributed by atoms with Gasteiger partial charge < -0.3 is 24.4 Å². The minimum Gasteiger partial charge on any atom is -0.489 e. The summed E-state index contributed by atoms with van der Waals surface area (Å²) in [4.78, 5) is 36.4. The number of carbonyl (C=O) groups is 2. The van der Waals surface area contributed by atoms with Gasteiger partial charge in [-0.05, 0) is 59.9 Å². The van der Waals surface area contributed by atoms with E-state index in [2.05, 4.69) is 5.64 Å². The first-order chi connectivity index (χ1) is 16.6. The lowest BCUT2D eigenvalue weighted by molar-refractivity contribution is -0.136. The van der Waals surface area contributed by atoms with E-state index in [0.717, 1.165) is 29.5 Å². The zero-order chi connectivity index (χ0) is 23.5. The Bertz CT molecular complexity index is 1210. The van der Waals surface area contributed by atoms with E-state index in [0.29, 0.717) is 36.0 Å². The Labute approximate surface area is 196 Å². The summed E-state index contributed by atoms with van der Waals surface area (Å²) in [5, 5.41) is 8.91. The minimum absolute atomic E-state index is 0.0198. The van der Waals surface area contributed by atoms with Crippen molar-refractivity contribution in [2.75, 3.05) is 0 Å². The topological polar surface area (TPSA) is 97.3 Å². The van der Waals surface area contributed by atoms with Gasteiger partial charge in [0, 0.05) is 23.8 Å². The number of aliphatic carboxylic acids is 1. The van der Waals surface area contributed by atoms with E-state index < -0.39 is 5.97 Å². The summed E-state index contributed by atoms with van der Waals surface area (Å²) < 4.78 is 5.96. The number of nitrogens with zero attached hydrogens (tertiary/aromatic N) is 1. The smallest absolute Gasteiger partial charge is 0.307 e. The number of ether oxygens (including phenoxy) is 1. The van der Waals surface area contributed by atoms with Gasteiger partial charge in [0.05, 0.1) is 6.42 Å². The fraction of sp³-hybridized carbons (Fsp3) is 0.231. The molecule has 0 bridgehead atoms. The first-order valence-corrected chi connectivity index (χ1v) is 11.1. The van der Waals surface area contributed by atoms with Crippen LogP contribution in [0.25, 0.3) is 0 Å². The highest BCUT2D eigenvalue weighted by Crippen LogP contribution is 2.34. The maximum Gasteiger partial charge on any atom is 0.307 e. The molecular weight excluding hydrogens is 436 g/mol. The molecule has 2 aliphatic rings. The van der Waals surface area contributed by atoms with Crippen LogP contribution in [0.1, 0.15) is 39.9 Å². The number of hydrogen-bond donors (Lipinski definition) is 2. The van der Waals surface area contributed by atoms with Crippen LogP contribution in [0, 0.1) is 0 Å². The maximum atomic E-state index is 13.4. The summed E-state index contributed by atoms with van der Waals surface area (Å²) >= 11 is 0. The molecular formula is C26H24N2O6. The third kappa shape index (κ3) is 4.97. The lowest BCUT2D eigenvalue weighted by Crippen LogP contribution is -2.33. The molecule has 1 amide bonds. The monoisotopic (exact) mass is 460 g/mol. The second-order valence-electron chi connectivity index (χ2n) is 8.39. The van der Waals surface area contributed by atoms with Crippen LogP contribution >= 0.6 is 0 Å². The third-order valence-electron chi connectivity index (χ3n) is 5.87. The number of carbonyl (C=O) groups excluding carboxylic acids is 1. The summed E-state index contributed by atoms with van der Waals surface area (Å²) in [5.41, 5.74) is 5.62. The van der Waals surface area contributed by atoms with Crippen molar-refractivity contribution in [3.8, 4) is 17.2 Å². The Balaban J connectivity index is 1.29. The van der Waals surface area contributed by atoms with Crippen molar-refractivity contribution < 1.29 is 29.1 Å². The highest BCUT2D eigenvalue weighted by Gasteiger charge is 2.34. The lowest BCUT2D eigenvalue weighted by Gasteiger charge is -2.24. The first kappa shape index (κ1) is 21.8. The highest BCUT2D eigenvalue weighted by molar-refractivity contribution is 5.95. The predicted molar refractivity (Wildman–Crippen MR) is 122 cm³/mol. The summed E-state index contributed by atoms with van der Waals surface area (Å²) in [6, 6.07) is 20.3. The molecule has 1 aliphatic heterocycles. The summed E-state index contributed by atoms with van der Waals surface area (Å²) in [5.74, 6) is 0.783. The average Bonchev–Trinajstić information content (AvgIpc) is 3.57. The largest absolute Gasteiger partial charge is 0.489 e. The predicted octanol–water partition coefficient (Wildman–Crippen LogP) is 3.89. The van der Waals surface area contributed by atoms with Crippen LogP contribution < -0.4 is 20.1 Å². The fourth-order valence-electron chi connectivity index (χ4n) is 3.91. The van der Waals surface area contributed by atoms with E-state index in [-0.39, 0.29) is 18.4 Å². The molecule has 0 atom stereocenters. The molecule has 34 heavy (non-hydrogen) atoms. The Hall–Kier alpha value is -4.04. The number of rotatable bonds is 9. The van der Waals surface area contributed by atoms with Crippen molar-refractivity contribution in [1.29, 1.82) is 0 Å². The van der Waals surface area contributed by atoms with Gasteiger partial charge in [0.15, 0.2) is 11.5 Å². The van der Waals surface area contributed by atoms with Crippen molar-refractivity contribution >= 4 is 11.9 Å². The van der Waals surface area contributed by atoms with Gasteiger partial charge in [0.1, 0.15) is 12.4 Å². The maximum absolute atomic E-state index is 13.4. The Morgan fingerprint density at radius 2 is 1.71 bits per heavy atom. The van der Waals surface area contributed by atoms with Crippen molar-refractivity contribution in [1.82, 2.24) is 10.5 Å². The van der Waals surface area contributed by atoms with E-state index in [1.807, 2.05) is 29.2 Å². The average molecular weight is 460 g/mol. The van der Waals surface area contributed by atoms with Gasteiger partial charge >= 0.3 is 5.97 Å². The van der Waals surface area contributed by atoms with E-state index in [9.17, 15) is 9.59 Å². The molecule has 0 aromatic heterocycles. The number of amides is 1. The Kier molecular flexibility index (Phi) is 6.05. The molecule has 0 radical (unpaired) electrons. The Morgan fingerprint density at radius 3 is 2.44 bits per heavy atom. The number of benzene rings is 3. The van der Waals surface area contributed by atoms with Crippen LogP contribution in [0.2, 0.25) is 0 Å². The second kappa shape index (κ2) is 9.44. The molecule has 0 spiro atoms. The molecule has 3 aromatic rings. The fourth-order valence-corrected chi connectivity index (χ4v) is 3.91. The number of fused-ring (bicyclic) bond motifs is 1. The van der Waals surface area contributed by atoms with Crippen molar-refractivity contribution in [3.63, 3.8) is 0 Å². The number of carboxylic acid groups (broad SMARTS) is 1. The summed E-state index contributed by atoms with van der Waals surface area (Å²) in [6.07, 6.45) is 1.95. The van der Waals surface area contributed by atoms with Crippen LogP contribution in [-0.4, -0.2) is 27.9 Å². The molecule has 0 unspecified atom stereocenters. The van der Waals surface area contributed by atoms with E-state index in [1.54, 1.807) is 42.5 Å². The second-order valence-corrected chi connectivity index (χ2v) is 8.39. The van der Waals surface area contributed by atoms with Gasteiger partial charge in [-0.2, -0.15) is 0 Å². The van der Waals surface area contributed by atoms with E-state index >= 15 is 0 Å². The van der Waals surface area contributed by atoms with Crippen LogP contribution in [0.5, 0.6) is 17.2 Å². The van der Waals surface area contributed by atoms with E-state index in [1.165, 1.54) is 0 Å². The first-order valence-electron chi connectivity index (χ1n) is 11.1. The molecule has 174 valence electrons. The summed E-state index contributed by atoms with van der Waals surface area (Å²) in [7, 11) is 0. The van der Waals surface area contributed by atoms with Gasteiger partial charge in [0.2, 0.25) is 0 Å². The lowest BCUT2D eigenvalue weighted by atomic mass is 10.1. The highest BCUT2D eigenvalue weighted by atomic mass is 16.9. The van der Waals surface area contributed by atoms with Gasteiger partial charge in [-0.1, -0.05) is 36.4 Å². The van der Waals surface area contributed by atoms with E-state index in [4.69, 9.17) is 19.5 Å². The summed E-state index contributed by atoms with van der Waals surface area (Å²) in [6.45, 7) is 0.824. The Morgan fingerprint density at radius 1 is 0.971 bits per heavy atom. The number of carboxylic acids is 1. The number of hydrogen-bond acceptors (Lipinski definition) is 6. The van der Waals surface area contributed by atoms with Crippen LogP contribution in [0.4, 0.5) is 0 Å². The number of nitrogens with one attached hydrogen (secondary N) is 1. The van der Waals surface area contributed by atoms with Gasteiger partial charge in [-0.15, -0.1) is 0 Å². The van der Waals surface area contributed by atoms with Crippen molar-refractivity contribution in [2.24, 2.45) is 0 Å². The van der Waals surface area contributed by atoms with Crippen LogP contribution in [-0.2, 0) is 24.4 Å². The normalized spacial score (nSPS) is 14.0. The van der Waals surface area contributed by atoms with Crippen molar-refractivity contribution in [2.45, 2.75) is 38.5 Å². The van der Waals surface area contributed by atoms with Gasteiger partial charge in [-0.25, -0.2) is 0 Å².